The molecule has 0 saturated heterocycles. The van der Waals surface area contributed by atoms with Crippen LogP contribution in [0.4, 0.5) is 5.69 Å². The number of nitrogens with zero attached hydrogens (tertiary/aromatic N) is 2. The quantitative estimate of drug-likeness (QED) is 0.473. The zero-order chi connectivity index (χ0) is 18.8. The second kappa shape index (κ2) is 7.60. The number of thiazole rings is 1. The minimum Gasteiger partial charge on any atom is -0.482 e. The fourth-order valence-corrected chi connectivity index (χ4v) is 3.69. The molecule has 0 fully saturated rings. The van der Waals surface area contributed by atoms with Crippen molar-refractivity contribution in [3.05, 3.63) is 70.3 Å². The van der Waals surface area contributed by atoms with Crippen LogP contribution < -0.4 is 10.1 Å². The lowest BCUT2D eigenvalue weighted by molar-refractivity contribution is -0.118. The molecular weight excluding hydrogens is 405 g/mol. The third kappa shape index (κ3) is 4.08. The van der Waals surface area contributed by atoms with Crippen molar-refractivity contribution in [3.8, 4) is 17.0 Å². The first kappa shape index (κ1) is 17.9. The van der Waals surface area contributed by atoms with Gasteiger partial charge in [0.15, 0.2) is 11.6 Å². The second-order valence-electron chi connectivity index (χ2n) is 5.71. The summed E-state index contributed by atoms with van der Waals surface area (Å²) in [7, 11) is 0. The van der Waals surface area contributed by atoms with Crippen molar-refractivity contribution in [3.63, 3.8) is 0 Å². The lowest BCUT2D eigenvalue weighted by atomic mass is 10.1. The van der Waals surface area contributed by atoms with Gasteiger partial charge in [0.05, 0.1) is 10.7 Å². The van der Waals surface area contributed by atoms with Gasteiger partial charge >= 0.3 is 0 Å². The summed E-state index contributed by atoms with van der Waals surface area (Å²) in [5.41, 5.74) is 2.55. The first-order valence-corrected chi connectivity index (χ1v) is 9.62. The molecule has 136 valence electrons. The Morgan fingerprint density at radius 2 is 2.00 bits per heavy atom. The Balaban J connectivity index is 1.37. The molecule has 1 N–H and O–H groups in total. The van der Waals surface area contributed by atoms with Crippen LogP contribution in [0.5, 0.6) is 5.75 Å². The van der Waals surface area contributed by atoms with Gasteiger partial charge in [-0.2, -0.15) is 0 Å². The Hall–Kier alpha value is -2.54. The summed E-state index contributed by atoms with van der Waals surface area (Å²) < 4.78 is 7.41. The van der Waals surface area contributed by atoms with E-state index in [-0.39, 0.29) is 12.5 Å². The first-order chi connectivity index (χ1) is 13.1. The lowest BCUT2D eigenvalue weighted by Crippen LogP contribution is -2.20. The number of hydrogen-bond acceptors (Lipinski definition) is 4. The molecule has 0 aliphatic carbocycles. The number of rotatable bonds is 5. The second-order valence-corrected chi connectivity index (χ2v) is 7.42. The number of carbonyl (C=O) groups is 1. The number of ether oxygens (including phenoxy) is 1. The highest BCUT2D eigenvalue weighted by Gasteiger charge is 2.08. The Kier molecular flexibility index (Phi) is 5.03. The van der Waals surface area contributed by atoms with Crippen LogP contribution in [0.3, 0.4) is 0 Å². The minimum atomic E-state index is -0.281. The van der Waals surface area contributed by atoms with E-state index in [0.29, 0.717) is 21.5 Å². The molecule has 5 nitrogen and oxygen atoms in total. The Morgan fingerprint density at radius 3 is 2.74 bits per heavy atom. The third-order valence-electron chi connectivity index (χ3n) is 3.81. The lowest BCUT2D eigenvalue weighted by Gasteiger charge is -2.09. The zero-order valence-corrected chi connectivity index (χ0v) is 16.2. The Morgan fingerprint density at radius 1 is 1.19 bits per heavy atom. The molecule has 0 unspecified atom stereocenters. The molecule has 0 radical (unpaired) electrons. The van der Waals surface area contributed by atoms with Gasteiger partial charge in [0.1, 0.15) is 5.75 Å². The number of hydrogen-bond donors (Lipinski definition) is 1. The predicted molar refractivity (Wildman–Crippen MR) is 109 cm³/mol. The normalized spacial score (nSPS) is 10.9. The predicted octanol–water partition coefficient (Wildman–Crippen LogP) is 5.39. The highest BCUT2D eigenvalue weighted by atomic mass is 35.5. The van der Waals surface area contributed by atoms with Crippen molar-refractivity contribution >= 4 is 51.1 Å². The van der Waals surface area contributed by atoms with Crippen LogP contribution in [-0.4, -0.2) is 21.9 Å². The van der Waals surface area contributed by atoms with Crippen LogP contribution in [0.1, 0.15) is 0 Å². The molecule has 0 aliphatic rings. The van der Waals surface area contributed by atoms with Gasteiger partial charge in [-0.1, -0.05) is 35.3 Å². The summed E-state index contributed by atoms with van der Waals surface area (Å²) in [6.45, 7) is -0.152. The number of aromatic nitrogens is 2. The average Bonchev–Trinajstić information content (AvgIpc) is 3.23. The van der Waals surface area contributed by atoms with Crippen LogP contribution in [-0.2, 0) is 4.79 Å². The van der Waals surface area contributed by atoms with Crippen molar-refractivity contribution in [2.24, 2.45) is 0 Å². The number of benzene rings is 2. The number of halogens is 2. The van der Waals surface area contributed by atoms with E-state index in [0.717, 1.165) is 16.2 Å². The summed E-state index contributed by atoms with van der Waals surface area (Å²) in [5.74, 6) is 0.127. The molecule has 2 aromatic carbocycles. The number of anilines is 1. The highest BCUT2D eigenvalue weighted by molar-refractivity contribution is 7.15. The van der Waals surface area contributed by atoms with E-state index >= 15 is 0 Å². The number of fused-ring (bicyclic) bond motifs is 1. The molecule has 4 aromatic rings. The fourth-order valence-electron chi connectivity index (χ4n) is 2.52. The zero-order valence-electron chi connectivity index (χ0n) is 13.9. The molecule has 1 amide bonds. The van der Waals surface area contributed by atoms with E-state index in [1.54, 1.807) is 29.5 Å². The summed E-state index contributed by atoms with van der Waals surface area (Å²) in [5, 5.41) is 5.65. The van der Waals surface area contributed by atoms with Gasteiger partial charge in [0.25, 0.3) is 5.91 Å². The Labute approximate surface area is 169 Å². The van der Waals surface area contributed by atoms with Crippen molar-refractivity contribution in [2.75, 3.05) is 11.9 Å². The summed E-state index contributed by atoms with van der Waals surface area (Å²) >= 11 is 13.4. The van der Waals surface area contributed by atoms with Gasteiger partial charge in [-0.05, 0) is 30.3 Å². The molecule has 0 spiro atoms. The fraction of sp³-hybridized carbons (Fsp3) is 0.0526. The van der Waals surface area contributed by atoms with Crippen LogP contribution in [0.25, 0.3) is 16.2 Å². The van der Waals surface area contributed by atoms with Crippen LogP contribution >= 0.6 is 34.5 Å². The van der Waals surface area contributed by atoms with Gasteiger partial charge in [-0.15, -0.1) is 11.3 Å². The van der Waals surface area contributed by atoms with Crippen molar-refractivity contribution in [1.29, 1.82) is 0 Å². The van der Waals surface area contributed by atoms with E-state index in [9.17, 15) is 4.79 Å². The molecule has 2 aromatic heterocycles. The standard InChI is InChI=1S/C19H13Cl2N3O2S/c20-13-3-6-17(15(21)9-13)26-11-18(25)22-14-4-1-12(2-5-14)16-10-24-7-8-27-19(24)23-16/h1-10H,11H2,(H,22,25). The molecule has 8 heteroatoms. The minimum absolute atomic E-state index is 0.152. The summed E-state index contributed by atoms with van der Waals surface area (Å²) in [4.78, 5) is 17.6. The van der Waals surface area contributed by atoms with E-state index < -0.39 is 0 Å². The maximum atomic E-state index is 12.1. The van der Waals surface area contributed by atoms with Gasteiger partial charge in [-0.25, -0.2) is 4.98 Å². The smallest absolute Gasteiger partial charge is 0.262 e. The molecule has 4 rings (SSSR count). The maximum absolute atomic E-state index is 12.1. The molecule has 2 heterocycles. The molecule has 0 bridgehead atoms. The number of nitrogens with one attached hydrogen (secondary N) is 1. The average molecular weight is 418 g/mol. The highest BCUT2D eigenvalue weighted by Crippen LogP contribution is 2.27. The largest absolute Gasteiger partial charge is 0.482 e. The SMILES string of the molecule is O=C(COc1ccc(Cl)cc1Cl)Nc1ccc(-c2cn3ccsc3n2)cc1. The number of carbonyl (C=O) groups excluding carboxylic acids is 1. The summed E-state index contributed by atoms with van der Waals surface area (Å²) in [6, 6.07) is 12.3. The third-order valence-corrected chi connectivity index (χ3v) is 5.11. The number of amides is 1. The summed E-state index contributed by atoms with van der Waals surface area (Å²) in [6.07, 6.45) is 3.95. The van der Waals surface area contributed by atoms with Crippen molar-refractivity contribution in [2.45, 2.75) is 0 Å². The van der Waals surface area contributed by atoms with Crippen LogP contribution in [0, 0.1) is 0 Å². The van der Waals surface area contributed by atoms with E-state index in [2.05, 4.69) is 10.3 Å². The van der Waals surface area contributed by atoms with Crippen LogP contribution in [0.2, 0.25) is 10.0 Å². The number of imidazole rings is 1. The molecule has 27 heavy (non-hydrogen) atoms. The van der Waals surface area contributed by atoms with E-state index in [1.807, 2.05) is 46.4 Å². The van der Waals surface area contributed by atoms with E-state index in [4.69, 9.17) is 27.9 Å². The van der Waals surface area contributed by atoms with E-state index in [1.165, 1.54) is 0 Å². The van der Waals surface area contributed by atoms with Crippen molar-refractivity contribution in [1.82, 2.24) is 9.38 Å². The topological polar surface area (TPSA) is 55.6 Å². The Bertz CT molecular complexity index is 1080. The van der Waals surface area contributed by atoms with Gasteiger partial charge in [0.2, 0.25) is 0 Å². The molecular formula is C19H13Cl2N3O2S. The van der Waals surface area contributed by atoms with Crippen LogP contribution in [0.15, 0.2) is 60.2 Å². The molecule has 0 aliphatic heterocycles. The maximum Gasteiger partial charge on any atom is 0.262 e. The van der Waals surface area contributed by atoms with Crippen molar-refractivity contribution < 1.29 is 9.53 Å². The first-order valence-electron chi connectivity index (χ1n) is 7.99. The molecule has 0 saturated carbocycles. The molecule has 0 atom stereocenters. The monoisotopic (exact) mass is 417 g/mol. The van der Waals surface area contributed by atoms with Gasteiger partial charge in [-0.3, -0.25) is 9.20 Å². The van der Waals surface area contributed by atoms with Gasteiger partial charge in [0, 0.05) is 34.0 Å². The van der Waals surface area contributed by atoms with Gasteiger partial charge < -0.3 is 10.1 Å².